The first-order valence-electron chi connectivity index (χ1n) is 14.6. The molecule has 3 aromatic heterocycles. The third-order valence-electron chi connectivity index (χ3n) is 7.59. The molecule has 6 rings (SSSR count). The summed E-state index contributed by atoms with van der Waals surface area (Å²) in [4.78, 5) is 34.4. The largest absolute Gasteiger partial charge is 0.453 e. The fourth-order valence-electron chi connectivity index (χ4n) is 5.38. The summed E-state index contributed by atoms with van der Waals surface area (Å²) in [6, 6.07) is 9.88. The Morgan fingerprint density at radius 2 is 2.00 bits per heavy atom. The van der Waals surface area contributed by atoms with Gasteiger partial charge in [0.05, 0.1) is 48.0 Å². The number of aromatic amines is 1. The van der Waals surface area contributed by atoms with Crippen LogP contribution < -0.4 is 21.8 Å². The minimum absolute atomic E-state index is 0.315. The number of nitrogens with one attached hydrogen (secondary N) is 4. The maximum absolute atomic E-state index is 13.3. The smallest absolute Gasteiger partial charge is 0.411 e. The van der Waals surface area contributed by atoms with Crippen molar-refractivity contribution >= 4 is 52.7 Å². The van der Waals surface area contributed by atoms with Crippen LogP contribution in [0, 0.1) is 0 Å². The highest BCUT2D eigenvalue weighted by Crippen LogP contribution is 2.37. The van der Waals surface area contributed by atoms with E-state index in [0.29, 0.717) is 62.7 Å². The molecule has 1 aliphatic rings. The monoisotopic (exact) mass is 676 g/mol. The van der Waals surface area contributed by atoms with E-state index in [1.165, 1.54) is 29.0 Å². The average molecular weight is 678 g/mol. The number of H-pyrrole nitrogens is 1. The van der Waals surface area contributed by atoms with Crippen LogP contribution in [0.25, 0.3) is 23.0 Å². The highest BCUT2D eigenvalue weighted by Gasteiger charge is 2.24. The van der Waals surface area contributed by atoms with Crippen LogP contribution in [-0.4, -0.2) is 59.2 Å². The minimum Gasteiger partial charge on any atom is -0.453 e. The summed E-state index contributed by atoms with van der Waals surface area (Å²) in [7, 11) is 1.30. The van der Waals surface area contributed by atoms with E-state index in [2.05, 4.69) is 46.5 Å². The maximum atomic E-state index is 13.3. The minimum atomic E-state index is -0.599. The summed E-state index contributed by atoms with van der Waals surface area (Å²) in [5.74, 6) is 6.18. The number of carbonyl (C=O) groups is 2. The second kappa shape index (κ2) is 13.9. The van der Waals surface area contributed by atoms with E-state index in [0.717, 1.165) is 18.4 Å². The normalized spacial score (nSPS) is 16.4. The molecular formula is C30H30Cl2N12O3. The molecule has 4 heterocycles. The zero-order chi connectivity index (χ0) is 32.9. The predicted octanol–water partition coefficient (Wildman–Crippen LogP) is 5.05. The number of halogens is 2. The number of nitrogens with zero attached hydrogens (tertiary/aromatic N) is 7. The number of amides is 2. The summed E-state index contributed by atoms with van der Waals surface area (Å²) in [5.41, 5.74) is 4.58. The highest BCUT2D eigenvalue weighted by molar-refractivity contribution is 6.31. The SMILES string of the molecule is COC(=O)Nc1ccc2c(c1)N[C@H](c1nn(N)cc1Cl)CCCC[C@H](NC(=O)/C=C/c1cc(Cl)ccc1-n1cnnn1)c1ncc-2[nH]1. The number of hydrogen-bond donors (Lipinski definition) is 5. The molecule has 0 spiro atoms. The van der Waals surface area contributed by atoms with E-state index < -0.39 is 12.1 Å². The van der Waals surface area contributed by atoms with Crippen LogP contribution in [0.5, 0.6) is 0 Å². The number of anilines is 2. The lowest BCUT2D eigenvalue weighted by molar-refractivity contribution is -0.117. The molecule has 5 aromatic rings. The molecule has 17 heteroatoms. The highest BCUT2D eigenvalue weighted by atomic mass is 35.5. The van der Waals surface area contributed by atoms with Crippen LogP contribution in [0.1, 0.15) is 54.8 Å². The number of aromatic nitrogens is 8. The first-order chi connectivity index (χ1) is 22.8. The number of nitrogens with two attached hydrogens (primary N) is 1. The first-order valence-corrected chi connectivity index (χ1v) is 15.4. The van der Waals surface area contributed by atoms with Gasteiger partial charge >= 0.3 is 6.09 Å². The van der Waals surface area contributed by atoms with Gasteiger partial charge < -0.3 is 26.2 Å². The topological polar surface area (TPSA) is 196 Å². The Balaban J connectivity index is 1.29. The van der Waals surface area contributed by atoms with Crippen molar-refractivity contribution < 1.29 is 14.3 Å². The van der Waals surface area contributed by atoms with Crippen molar-refractivity contribution in [1.29, 1.82) is 0 Å². The summed E-state index contributed by atoms with van der Waals surface area (Å²) >= 11 is 12.8. The molecule has 0 unspecified atom stereocenters. The van der Waals surface area contributed by atoms with Crippen LogP contribution in [0.15, 0.2) is 61.2 Å². The molecule has 1 aliphatic heterocycles. The van der Waals surface area contributed by atoms with Crippen LogP contribution in [0.2, 0.25) is 10.0 Å². The third kappa shape index (κ3) is 7.37. The van der Waals surface area contributed by atoms with E-state index in [9.17, 15) is 9.59 Å². The van der Waals surface area contributed by atoms with Gasteiger partial charge in [-0.05, 0) is 65.7 Å². The van der Waals surface area contributed by atoms with Crippen molar-refractivity contribution in [3.05, 3.63) is 88.3 Å². The van der Waals surface area contributed by atoms with E-state index in [1.807, 2.05) is 6.07 Å². The lowest BCUT2D eigenvalue weighted by Gasteiger charge is -2.23. The lowest BCUT2D eigenvalue weighted by Crippen LogP contribution is -2.28. The Kier molecular flexibility index (Phi) is 9.35. The van der Waals surface area contributed by atoms with E-state index >= 15 is 0 Å². The number of rotatable bonds is 6. The number of fused-ring (bicyclic) bond motifs is 4. The van der Waals surface area contributed by atoms with Crippen molar-refractivity contribution in [2.45, 2.75) is 37.8 Å². The number of tetrazole rings is 1. The van der Waals surface area contributed by atoms with Gasteiger partial charge in [0.1, 0.15) is 17.8 Å². The second-order valence-electron chi connectivity index (χ2n) is 10.7. The third-order valence-corrected chi connectivity index (χ3v) is 8.12. The Bertz CT molecular complexity index is 1920. The molecule has 0 saturated heterocycles. The number of hydrogen-bond acceptors (Lipinski definition) is 10. The molecule has 6 N–H and O–H groups in total. The quantitative estimate of drug-likeness (QED) is 0.120. The summed E-state index contributed by atoms with van der Waals surface area (Å²) in [5, 5.41) is 26.0. The number of methoxy groups -OCH3 is 1. The molecule has 47 heavy (non-hydrogen) atoms. The van der Waals surface area contributed by atoms with Gasteiger partial charge in [0, 0.05) is 33.6 Å². The van der Waals surface area contributed by atoms with Gasteiger partial charge in [-0.25, -0.2) is 9.78 Å². The zero-order valence-electron chi connectivity index (χ0n) is 25.0. The van der Waals surface area contributed by atoms with Crippen LogP contribution >= 0.6 is 23.2 Å². The number of imidazole rings is 1. The number of carbonyl (C=O) groups excluding carboxylic acids is 2. The Hall–Kier alpha value is -5.41. The van der Waals surface area contributed by atoms with Gasteiger partial charge in [0.15, 0.2) is 0 Å². The second-order valence-corrected chi connectivity index (χ2v) is 11.6. The Morgan fingerprint density at radius 1 is 1.15 bits per heavy atom. The first kappa shape index (κ1) is 31.6. The standard InChI is InChI=1S/C30H30Cl2N12O3/c1-47-30(46)36-19-8-9-20-24(13-19)37-22(28-21(32)15-44(33)40-28)4-2-3-5-23(29-34-14-25(20)39-29)38-27(45)11-6-17-12-18(31)7-10-26(17)43-16-35-41-42-43/h6-16,22-23,37H,2-5,33H2,1H3,(H,34,39)(H,36,46)(H,38,45)/b11-6+/t22-,23-/m0/s1. The molecular weight excluding hydrogens is 647 g/mol. The van der Waals surface area contributed by atoms with Gasteiger partial charge in [-0.1, -0.05) is 36.0 Å². The molecule has 2 bridgehead atoms. The van der Waals surface area contributed by atoms with Crippen molar-refractivity contribution in [2.75, 3.05) is 23.6 Å². The van der Waals surface area contributed by atoms with Crippen molar-refractivity contribution in [1.82, 2.24) is 45.4 Å². The van der Waals surface area contributed by atoms with E-state index in [4.69, 9.17) is 33.8 Å². The fourth-order valence-corrected chi connectivity index (χ4v) is 5.83. The maximum Gasteiger partial charge on any atom is 0.411 e. The van der Waals surface area contributed by atoms with Crippen molar-refractivity contribution in [3.63, 3.8) is 0 Å². The summed E-state index contributed by atoms with van der Waals surface area (Å²) in [6.45, 7) is 0. The molecule has 2 aromatic carbocycles. The fraction of sp³-hybridized carbons (Fsp3) is 0.233. The lowest BCUT2D eigenvalue weighted by atomic mass is 10.0. The van der Waals surface area contributed by atoms with Crippen LogP contribution in [0.3, 0.4) is 0 Å². The van der Waals surface area contributed by atoms with Crippen LogP contribution in [-0.2, 0) is 9.53 Å². The average Bonchev–Trinajstić information content (AvgIpc) is 3.82. The molecule has 242 valence electrons. The van der Waals surface area contributed by atoms with Gasteiger partial charge in [0.2, 0.25) is 5.91 Å². The van der Waals surface area contributed by atoms with E-state index in [1.54, 1.807) is 48.8 Å². The molecule has 0 saturated carbocycles. The zero-order valence-corrected chi connectivity index (χ0v) is 26.5. The van der Waals surface area contributed by atoms with Gasteiger partial charge in [-0.3, -0.25) is 10.1 Å². The molecule has 0 aliphatic carbocycles. The number of nitrogen functional groups attached to an aromatic ring is 1. The van der Waals surface area contributed by atoms with E-state index in [-0.39, 0.29) is 11.9 Å². The summed E-state index contributed by atoms with van der Waals surface area (Å²) < 4.78 is 6.26. The Labute approximate surface area is 278 Å². The Morgan fingerprint density at radius 3 is 2.77 bits per heavy atom. The predicted molar refractivity (Wildman–Crippen MR) is 176 cm³/mol. The number of ether oxygens (including phenoxy) is 1. The molecule has 0 radical (unpaired) electrons. The number of benzene rings is 2. The van der Waals surface area contributed by atoms with Gasteiger partial charge in [-0.15, -0.1) is 5.10 Å². The molecule has 15 nitrogen and oxygen atoms in total. The van der Waals surface area contributed by atoms with Gasteiger partial charge in [-0.2, -0.15) is 14.6 Å². The molecule has 2 amide bonds. The van der Waals surface area contributed by atoms with Crippen molar-refractivity contribution in [3.8, 4) is 16.9 Å². The van der Waals surface area contributed by atoms with Crippen LogP contribution in [0.4, 0.5) is 16.2 Å². The molecule has 2 atom stereocenters. The molecule has 0 fully saturated rings. The summed E-state index contributed by atoms with van der Waals surface area (Å²) in [6.07, 6.45) is 9.98. The van der Waals surface area contributed by atoms with Gasteiger partial charge in [0.25, 0.3) is 0 Å². The van der Waals surface area contributed by atoms with Crippen molar-refractivity contribution in [2.24, 2.45) is 0 Å².